The third-order valence-electron chi connectivity index (χ3n) is 6.38. The molecule has 170 valence electrons. The number of carbonyl (C=O) groups is 4. The second-order valence-electron chi connectivity index (χ2n) is 8.26. The first-order valence-corrected chi connectivity index (χ1v) is 10.3. The maximum Gasteiger partial charge on any atom is 0.330 e. The largest absolute Gasteiger partial charge is 0.479 e. The number of halogens is 1. The number of fused-ring (bicyclic) bond motifs is 1. The summed E-state index contributed by atoms with van der Waals surface area (Å²) in [6, 6.07) is 12.3. The van der Waals surface area contributed by atoms with Crippen molar-refractivity contribution in [2.24, 2.45) is 11.8 Å². The summed E-state index contributed by atoms with van der Waals surface area (Å²) in [5.74, 6) is -5.40. The smallest absolute Gasteiger partial charge is 0.330 e. The third-order valence-corrected chi connectivity index (χ3v) is 6.38. The van der Waals surface area contributed by atoms with Crippen LogP contribution in [-0.4, -0.2) is 57.3 Å². The van der Waals surface area contributed by atoms with Gasteiger partial charge in [0.1, 0.15) is 5.82 Å². The molecule has 0 spiro atoms. The Kier molecular flexibility index (Phi) is 5.49. The molecule has 2 heterocycles. The van der Waals surface area contributed by atoms with Crippen molar-refractivity contribution in [3.63, 3.8) is 0 Å². The average molecular weight is 451 g/mol. The Morgan fingerprint density at radius 1 is 1.06 bits per heavy atom. The van der Waals surface area contributed by atoms with Crippen molar-refractivity contribution in [3.05, 3.63) is 72.1 Å². The average Bonchev–Trinajstić information content (AvgIpc) is 3.20. The lowest BCUT2D eigenvalue weighted by Gasteiger charge is -2.37. The zero-order chi connectivity index (χ0) is 23.9. The number of imide groups is 1. The summed E-state index contributed by atoms with van der Waals surface area (Å²) in [7, 11) is 1.31. The number of hydrogen-bond acceptors (Lipinski definition) is 4. The van der Waals surface area contributed by atoms with Gasteiger partial charge in [0.15, 0.2) is 5.54 Å². The van der Waals surface area contributed by atoms with Crippen LogP contribution in [0, 0.1) is 17.7 Å². The molecule has 2 N–H and O–H groups in total. The van der Waals surface area contributed by atoms with Crippen LogP contribution < -0.4 is 5.32 Å². The summed E-state index contributed by atoms with van der Waals surface area (Å²) in [5, 5.41) is 12.7. The number of hydrogen-bond donors (Lipinski definition) is 2. The fraction of sp³-hybridized carbons (Fsp3) is 0.250. The van der Waals surface area contributed by atoms with Gasteiger partial charge in [-0.25, -0.2) is 14.0 Å². The highest BCUT2D eigenvalue weighted by atomic mass is 19.1. The second kappa shape index (κ2) is 8.16. The Balaban J connectivity index is 1.80. The van der Waals surface area contributed by atoms with Crippen molar-refractivity contribution < 1.29 is 28.7 Å². The quantitative estimate of drug-likeness (QED) is 0.696. The SMILES string of the molecule is CN1C(=O)C2C(C=Cc3ccccc3)N(C(=O)Nc3ccc(F)cc3)C(C)(C(=O)O)C2C1=O. The van der Waals surface area contributed by atoms with Gasteiger partial charge in [-0.3, -0.25) is 14.5 Å². The lowest BCUT2D eigenvalue weighted by Crippen LogP contribution is -2.59. The number of carboxylic acid groups (broad SMARTS) is 1. The molecule has 4 unspecified atom stereocenters. The van der Waals surface area contributed by atoms with Crippen molar-refractivity contribution in [2.75, 3.05) is 12.4 Å². The maximum atomic E-state index is 13.4. The number of anilines is 1. The van der Waals surface area contributed by atoms with Gasteiger partial charge in [-0.2, -0.15) is 0 Å². The van der Waals surface area contributed by atoms with E-state index in [1.807, 2.05) is 30.3 Å². The van der Waals surface area contributed by atoms with Crippen LogP contribution >= 0.6 is 0 Å². The number of urea groups is 1. The molecule has 4 atom stereocenters. The van der Waals surface area contributed by atoms with Gasteiger partial charge in [0.25, 0.3) is 0 Å². The molecule has 0 radical (unpaired) electrons. The van der Waals surface area contributed by atoms with E-state index < -0.39 is 53.0 Å². The Hall–Kier alpha value is -4.01. The maximum absolute atomic E-state index is 13.4. The van der Waals surface area contributed by atoms with E-state index in [0.717, 1.165) is 27.5 Å². The van der Waals surface area contributed by atoms with Crippen LogP contribution in [0.4, 0.5) is 14.9 Å². The van der Waals surface area contributed by atoms with E-state index in [1.165, 1.54) is 26.1 Å². The predicted molar refractivity (Wildman–Crippen MR) is 117 cm³/mol. The number of benzene rings is 2. The number of carbonyl (C=O) groups excluding carboxylic acids is 3. The van der Waals surface area contributed by atoms with Crippen LogP contribution in [0.2, 0.25) is 0 Å². The molecule has 0 aromatic heterocycles. The topological polar surface area (TPSA) is 107 Å². The summed E-state index contributed by atoms with van der Waals surface area (Å²) in [5.41, 5.74) is -0.966. The van der Waals surface area contributed by atoms with Crippen LogP contribution in [0.3, 0.4) is 0 Å². The molecule has 0 aliphatic carbocycles. The highest BCUT2D eigenvalue weighted by Gasteiger charge is 2.70. The third kappa shape index (κ3) is 3.55. The molecule has 2 fully saturated rings. The van der Waals surface area contributed by atoms with Crippen LogP contribution in [0.15, 0.2) is 60.7 Å². The second-order valence-corrected chi connectivity index (χ2v) is 8.26. The minimum absolute atomic E-state index is 0.242. The minimum Gasteiger partial charge on any atom is -0.479 e. The number of amides is 4. The van der Waals surface area contributed by atoms with Gasteiger partial charge in [-0.15, -0.1) is 0 Å². The highest BCUT2D eigenvalue weighted by Crippen LogP contribution is 2.49. The van der Waals surface area contributed by atoms with E-state index in [9.17, 15) is 28.7 Å². The minimum atomic E-state index is -1.99. The van der Waals surface area contributed by atoms with Gasteiger partial charge >= 0.3 is 12.0 Å². The zero-order valence-electron chi connectivity index (χ0n) is 17.9. The van der Waals surface area contributed by atoms with Crippen LogP contribution in [0.5, 0.6) is 0 Å². The normalized spacial score (nSPS) is 26.7. The number of likely N-dealkylation sites (tertiary alicyclic amines) is 2. The summed E-state index contributed by atoms with van der Waals surface area (Å²) in [4.78, 5) is 53.7. The summed E-state index contributed by atoms with van der Waals surface area (Å²) in [6.07, 6.45) is 3.26. The van der Waals surface area contributed by atoms with E-state index in [2.05, 4.69) is 5.32 Å². The Morgan fingerprint density at radius 2 is 1.70 bits per heavy atom. The van der Waals surface area contributed by atoms with Crippen molar-refractivity contribution in [3.8, 4) is 0 Å². The van der Waals surface area contributed by atoms with E-state index >= 15 is 0 Å². The number of nitrogens with zero attached hydrogens (tertiary/aromatic N) is 2. The monoisotopic (exact) mass is 451 g/mol. The fourth-order valence-corrected chi connectivity index (χ4v) is 4.67. The van der Waals surface area contributed by atoms with E-state index in [-0.39, 0.29) is 5.69 Å². The lowest BCUT2D eigenvalue weighted by molar-refractivity contribution is -0.154. The summed E-state index contributed by atoms with van der Waals surface area (Å²) >= 11 is 0. The standard InChI is InChI=1S/C24H22FN3O5/c1-24(22(31)32)19-18(20(29)27(2)21(19)30)17(13-8-14-6-4-3-5-7-14)28(24)23(33)26-16-11-9-15(25)10-12-16/h3-13,17-19H,1-2H3,(H,26,33)(H,31,32). The molecule has 33 heavy (non-hydrogen) atoms. The van der Waals surface area contributed by atoms with Crippen LogP contribution in [-0.2, 0) is 14.4 Å². The fourth-order valence-electron chi connectivity index (χ4n) is 4.67. The van der Waals surface area contributed by atoms with Crippen molar-refractivity contribution in [1.29, 1.82) is 0 Å². The Labute approximate surface area is 189 Å². The molecule has 2 aromatic rings. The van der Waals surface area contributed by atoms with Crippen LogP contribution in [0.25, 0.3) is 6.08 Å². The number of rotatable bonds is 4. The highest BCUT2D eigenvalue weighted by molar-refractivity contribution is 6.11. The van der Waals surface area contributed by atoms with Crippen molar-refractivity contribution >= 4 is 35.6 Å². The molecular formula is C24H22FN3O5. The number of aliphatic carboxylic acids is 1. The molecule has 2 aromatic carbocycles. The Bertz CT molecular complexity index is 1150. The van der Waals surface area contributed by atoms with E-state index in [1.54, 1.807) is 12.2 Å². The van der Waals surface area contributed by atoms with Gasteiger partial charge in [0.2, 0.25) is 11.8 Å². The number of nitrogens with one attached hydrogen (secondary N) is 1. The van der Waals surface area contributed by atoms with Gasteiger partial charge < -0.3 is 15.3 Å². The first-order valence-electron chi connectivity index (χ1n) is 10.3. The van der Waals surface area contributed by atoms with E-state index in [4.69, 9.17) is 0 Å². The van der Waals surface area contributed by atoms with Gasteiger partial charge in [0, 0.05) is 12.7 Å². The lowest BCUT2D eigenvalue weighted by atomic mass is 9.81. The summed E-state index contributed by atoms with van der Waals surface area (Å²) < 4.78 is 13.3. The zero-order valence-corrected chi connectivity index (χ0v) is 17.9. The molecule has 4 amide bonds. The first kappa shape index (κ1) is 22.2. The van der Waals surface area contributed by atoms with Crippen LogP contribution in [0.1, 0.15) is 12.5 Å². The molecule has 2 aliphatic rings. The molecular weight excluding hydrogens is 429 g/mol. The first-order chi connectivity index (χ1) is 15.7. The van der Waals surface area contributed by atoms with Crippen molar-refractivity contribution in [1.82, 2.24) is 9.80 Å². The molecule has 8 nitrogen and oxygen atoms in total. The molecule has 2 saturated heterocycles. The van der Waals surface area contributed by atoms with Gasteiger partial charge in [-0.1, -0.05) is 42.5 Å². The molecule has 2 aliphatic heterocycles. The number of carboxylic acids is 1. The molecule has 0 saturated carbocycles. The molecule has 4 rings (SSSR count). The van der Waals surface area contributed by atoms with Crippen molar-refractivity contribution in [2.45, 2.75) is 18.5 Å². The molecule has 9 heteroatoms. The summed E-state index contributed by atoms with van der Waals surface area (Å²) in [6.45, 7) is 1.28. The molecule has 0 bridgehead atoms. The Morgan fingerprint density at radius 3 is 2.30 bits per heavy atom. The predicted octanol–water partition coefficient (Wildman–Crippen LogP) is 2.83. The van der Waals surface area contributed by atoms with Gasteiger partial charge in [-0.05, 0) is 36.8 Å². The van der Waals surface area contributed by atoms with Gasteiger partial charge in [0.05, 0.1) is 17.9 Å². The van der Waals surface area contributed by atoms with E-state index in [0.29, 0.717) is 0 Å².